The third-order valence-electron chi connectivity index (χ3n) is 4.00. The Hall–Kier alpha value is -3.13. The minimum atomic E-state index is -0.366. The van der Waals surface area contributed by atoms with Gasteiger partial charge in [-0.05, 0) is 24.3 Å². The molecule has 10 nitrogen and oxygen atoms in total. The standard InChI is InChI=1S/C18H18N7O3.CH3.W/c1-19-18-23-15-14(17(28)24-18)22-12(9-21-15)10-25(2)13-5-3-11(4-6-13)16(27)20-7-8-26;;/h3-6,9H,7,10H2,1-2H3,(H,20,27)(H2,19,21,23,24,28);1H3;/q2*-1;+2. The first-order chi connectivity index (χ1) is 13.5. The molecule has 0 spiro atoms. The summed E-state index contributed by atoms with van der Waals surface area (Å²) < 4.78 is 0. The molecule has 0 bridgehead atoms. The summed E-state index contributed by atoms with van der Waals surface area (Å²) in [5.74, 6) is -0.0163. The van der Waals surface area contributed by atoms with Gasteiger partial charge in [0.25, 0.3) is 5.56 Å². The largest absolute Gasteiger partial charge is 2.00 e. The van der Waals surface area contributed by atoms with Crippen molar-refractivity contribution in [3.63, 3.8) is 0 Å². The number of benzene rings is 1. The van der Waals surface area contributed by atoms with Crippen LogP contribution in [-0.4, -0.2) is 52.8 Å². The second-order valence-electron chi connectivity index (χ2n) is 5.93. The topological polar surface area (TPSA) is 133 Å². The van der Waals surface area contributed by atoms with Gasteiger partial charge in [0.1, 0.15) is 0 Å². The van der Waals surface area contributed by atoms with Gasteiger partial charge in [-0.25, -0.2) is 16.3 Å². The van der Waals surface area contributed by atoms with E-state index in [4.69, 9.17) is 0 Å². The first-order valence-corrected chi connectivity index (χ1v) is 8.40. The number of fused-ring (bicyclic) bond motifs is 1. The molecule has 3 N–H and O–H groups in total. The number of aromatic nitrogens is 4. The van der Waals surface area contributed by atoms with Crippen molar-refractivity contribution < 1.29 is 30.7 Å². The SMILES string of the molecule is CNc1nc2ncc(CN(C)c3ccc(C(=O)NC[C-]=O)cc3)nc2c(=O)[nH]1.[CH3-].[W+2]. The maximum absolute atomic E-state index is 12.1. The number of aromatic amines is 1. The summed E-state index contributed by atoms with van der Waals surface area (Å²) in [7, 11) is 3.51. The predicted molar refractivity (Wildman–Crippen MR) is 110 cm³/mol. The Bertz CT molecular complexity index is 1070. The van der Waals surface area contributed by atoms with Crippen LogP contribution in [0.4, 0.5) is 11.6 Å². The molecule has 0 saturated heterocycles. The summed E-state index contributed by atoms with van der Waals surface area (Å²) >= 11 is 0. The van der Waals surface area contributed by atoms with E-state index in [9.17, 15) is 14.4 Å². The van der Waals surface area contributed by atoms with E-state index < -0.39 is 0 Å². The van der Waals surface area contributed by atoms with Crippen LogP contribution in [0.2, 0.25) is 0 Å². The van der Waals surface area contributed by atoms with Crippen molar-refractivity contribution in [3.8, 4) is 0 Å². The molecule has 0 aliphatic heterocycles. The number of carbonyl (C=O) groups is 1. The minimum Gasteiger partial charge on any atom is -0.540 e. The average Bonchev–Trinajstić information content (AvgIpc) is 2.72. The Labute approximate surface area is 187 Å². The fourth-order valence-corrected chi connectivity index (χ4v) is 2.57. The summed E-state index contributed by atoms with van der Waals surface area (Å²) in [6.45, 7) is 0.257. The Morgan fingerprint density at radius 1 is 1.23 bits per heavy atom. The number of rotatable bonds is 7. The number of amides is 1. The van der Waals surface area contributed by atoms with Gasteiger partial charge in [0.15, 0.2) is 11.2 Å². The van der Waals surface area contributed by atoms with Gasteiger partial charge in [0.05, 0.1) is 18.4 Å². The normalized spacial score (nSPS) is 9.80. The fourth-order valence-electron chi connectivity index (χ4n) is 2.57. The zero-order valence-corrected chi connectivity index (χ0v) is 19.7. The molecular formula is C19H21N7O3W. The summed E-state index contributed by atoms with van der Waals surface area (Å²) in [6.07, 6.45) is 3.18. The van der Waals surface area contributed by atoms with Gasteiger partial charge in [-0.15, -0.1) is 0 Å². The predicted octanol–water partition coefficient (Wildman–Crippen LogP) is 0.678. The Morgan fingerprint density at radius 2 is 1.93 bits per heavy atom. The molecule has 0 aliphatic rings. The van der Waals surface area contributed by atoms with E-state index in [0.29, 0.717) is 23.8 Å². The molecule has 1 aromatic carbocycles. The molecule has 0 saturated carbocycles. The minimum absolute atomic E-state index is 0. The molecule has 3 aromatic rings. The van der Waals surface area contributed by atoms with Crippen molar-refractivity contribution in [3.05, 3.63) is 59.5 Å². The van der Waals surface area contributed by atoms with Gasteiger partial charge in [-0.1, -0.05) is 6.54 Å². The van der Waals surface area contributed by atoms with Crippen LogP contribution >= 0.6 is 0 Å². The molecule has 0 unspecified atom stereocenters. The van der Waals surface area contributed by atoms with Gasteiger partial charge in [-0.3, -0.25) is 14.6 Å². The summed E-state index contributed by atoms with van der Waals surface area (Å²) in [4.78, 5) is 51.4. The molecule has 3 rings (SSSR count). The number of hydrogen-bond donors (Lipinski definition) is 3. The van der Waals surface area contributed by atoms with Crippen LogP contribution in [0.1, 0.15) is 16.1 Å². The Kier molecular flexibility index (Phi) is 9.26. The van der Waals surface area contributed by atoms with Crippen molar-refractivity contribution in [2.75, 3.05) is 30.9 Å². The number of carbonyl (C=O) groups excluding carboxylic acids is 2. The molecule has 0 atom stereocenters. The van der Waals surface area contributed by atoms with E-state index in [-0.39, 0.29) is 57.7 Å². The Morgan fingerprint density at radius 3 is 2.57 bits per heavy atom. The van der Waals surface area contributed by atoms with Gasteiger partial charge >= 0.3 is 21.1 Å². The van der Waals surface area contributed by atoms with E-state index in [2.05, 4.69) is 30.6 Å². The first kappa shape index (κ1) is 24.9. The number of nitrogens with zero attached hydrogens (tertiary/aromatic N) is 4. The van der Waals surface area contributed by atoms with Gasteiger partial charge in [-0.2, -0.15) is 4.98 Å². The van der Waals surface area contributed by atoms with E-state index in [0.717, 1.165) is 5.69 Å². The zero-order chi connectivity index (χ0) is 20.1. The van der Waals surface area contributed by atoms with E-state index in [1.807, 2.05) is 11.9 Å². The third kappa shape index (κ3) is 5.70. The van der Waals surface area contributed by atoms with Gasteiger partial charge < -0.3 is 27.8 Å². The van der Waals surface area contributed by atoms with E-state index in [1.165, 1.54) is 0 Å². The van der Waals surface area contributed by atoms with Crippen LogP contribution in [0.3, 0.4) is 0 Å². The summed E-state index contributed by atoms with van der Waals surface area (Å²) in [5.41, 5.74) is 1.96. The van der Waals surface area contributed by atoms with Crippen LogP contribution in [0.15, 0.2) is 35.3 Å². The zero-order valence-electron chi connectivity index (χ0n) is 16.7. The molecule has 0 aliphatic carbocycles. The van der Waals surface area contributed by atoms with Crippen LogP contribution in [-0.2, 0) is 32.4 Å². The molecule has 156 valence electrons. The van der Waals surface area contributed by atoms with Crippen molar-refractivity contribution in [2.24, 2.45) is 0 Å². The summed E-state index contributed by atoms with van der Waals surface area (Å²) in [6, 6.07) is 6.88. The average molecular weight is 579 g/mol. The van der Waals surface area contributed by atoms with E-state index >= 15 is 0 Å². The van der Waals surface area contributed by atoms with Crippen LogP contribution < -0.4 is 21.1 Å². The number of hydrogen-bond acceptors (Lipinski definition) is 8. The first-order valence-electron chi connectivity index (χ1n) is 8.40. The second-order valence-corrected chi connectivity index (χ2v) is 5.93. The molecule has 2 heterocycles. The fraction of sp³-hybridized carbons (Fsp3) is 0.211. The molecule has 0 radical (unpaired) electrons. The maximum Gasteiger partial charge on any atom is 2.00 e. The number of anilines is 2. The van der Waals surface area contributed by atoms with Crippen molar-refractivity contribution in [2.45, 2.75) is 6.54 Å². The van der Waals surface area contributed by atoms with Crippen molar-refractivity contribution in [1.82, 2.24) is 25.3 Å². The van der Waals surface area contributed by atoms with Crippen LogP contribution in [0.5, 0.6) is 0 Å². The smallest absolute Gasteiger partial charge is 0.540 e. The molecular weight excluding hydrogens is 558 g/mol. The van der Waals surface area contributed by atoms with Crippen molar-refractivity contribution >= 4 is 35.0 Å². The molecule has 1 amide bonds. The molecule has 30 heavy (non-hydrogen) atoms. The third-order valence-corrected chi connectivity index (χ3v) is 4.00. The second kappa shape index (κ2) is 11.2. The van der Waals surface area contributed by atoms with E-state index in [1.54, 1.807) is 43.8 Å². The summed E-state index contributed by atoms with van der Waals surface area (Å²) in [5, 5.41) is 5.19. The monoisotopic (exact) mass is 579 g/mol. The van der Waals surface area contributed by atoms with Gasteiger partial charge in [0, 0.05) is 25.3 Å². The van der Waals surface area contributed by atoms with Gasteiger partial charge in [0.2, 0.25) is 11.9 Å². The molecule has 2 aromatic heterocycles. The number of H-pyrrole nitrogens is 1. The molecule has 11 heteroatoms. The maximum atomic E-state index is 12.1. The van der Waals surface area contributed by atoms with Crippen LogP contribution in [0.25, 0.3) is 11.2 Å². The Balaban J connectivity index is 0.00000225. The molecule has 0 fully saturated rings. The number of nitrogens with one attached hydrogen (secondary N) is 3. The van der Waals surface area contributed by atoms with Crippen molar-refractivity contribution in [1.29, 1.82) is 0 Å². The quantitative estimate of drug-likeness (QED) is 0.349. The van der Waals surface area contributed by atoms with Crippen LogP contribution in [0, 0.1) is 7.43 Å².